The maximum atomic E-state index is 10.6. The molecule has 100 valence electrons. The number of hydrogen-bond acceptors (Lipinski definition) is 4. The topological polar surface area (TPSA) is 55.2 Å². The number of aryl methyl sites for hydroxylation is 1. The van der Waals surface area contributed by atoms with Gasteiger partial charge < -0.3 is 5.32 Å². The third-order valence-corrected chi connectivity index (χ3v) is 3.90. The van der Waals surface area contributed by atoms with Crippen LogP contribution in [0.4, 0.5) is 5.00 Å². The fourth-order valence-corrected chi connectivity index (χ4v) is 2.61. The Kier molecular flexibility index (Phi) is 4.29. The molecule has 0 spiro atoms. The van der Waals surface area contributed by atoms with Gasteiger partial charge in [0.2, 0.25) is 0 Å². The molecule has 1 N–H and O–H groups in total. The van der Waals surface area contributed by atoms with Gasteiger partial charge in [0, 0.05) is 24.0 Å². The van der Waals surface area contributed by atoms with Crippen LogP contribution >= 0.6 is 11.3 Å². The largest absolute Gasteiger partial charge is 0.324 e. The van der Waals surface area contributed by atoms with Gasteiger partial charge in [-0.05, 0) is 25.0 Å². The number of benzene rings is 1. The van der Waals surface area contributed by atoms with Crippen molar-refractivity contribution < 1.29 is 4.92 Å². The van der Waals surface area contributed by atoms with Crippen molar-refractivity contribution in [3.8, 4) is 0 Å². The highest BCUT2D eigenvalue weighted by molar-refractivity contribution is 7.13. The lowest BCUT2D eigenvalue weighted by molar-refractivity contribution is -0.380. The van der Waals surface area contributed by atoms with Crippen LogP contribution in [0.5, 0.6) is 0 Å². The average Bonchev–Trinajstić information content (AvgIpc) is 2.85. The number of hydrogen-bond donors (Lipinski definition) is 1. The summed E-state index contributed by atoms with van der Waals surface area (Å²) in [5, 5.41) is 16.0. The minimum absolute atomic E-state index is 0.194. The zero-order valence-electron chi connectivity index (χ0n) is 10.9. The molecule has 0 unspecified atom stereocenters. The first-order valence-corrected chi connectivity index (χ1v) is 6.96. The monoisotopic (exact) mass is 276 g/mol. The van der Waals surface area contributed by atoms with Gasteiger partial charge in [0.15, 0.2) is 0 Å². The SMILES string of the molecule is Cc1cccc([C@@H](C)NCc2csc([N+](=O)[O-])c2)c1. The minimum atomic E-state index is -0.349. The van der Waals surface area contributed by atoms with Crippen molar-refractivity contribution >= 4 is 16.3 Å². The molecule has 0 amide bonds. The molecule has 0 saturated heterocycles. The van der Waals surface area contributed by atoms with Crippen LogP contribution in [-0.4, -0.2) is 4.92 Å². The summed E-state index contributed by atoms with van der Waals surface area (Å²) in [6, 6.07) is 10.2. The molecule has 1 aromatic heterocycles. The number of nitrogens with one attached hydrogen (secondary N) is 1. The lowest BCUT2D eigenvalue weighted by atomic mass is 10.1. The van der Waals surface area contributed by atoms with E-state index in [1.807, 2.05) is 11.4 Å². The van der Waals surface area contributed by atoms with Crippen LogP contribution in [-0.2, 0) is 6.54 Å². The van der Waals surface area contributed by atoms with Crippen molar-refractivity contribution in [1.82, 2.24) is 5.32 Å². The number of nitrogens with zero attached hydrogens (tertiary/aromatic N) is 1. The van der Waals surface area contributed by atoms with Crippen molar-refractivity contribution in [2.45, 2.75) is 26.4 Å². The summed E-state index contributed by atoms with van der Waals surface area (Å²) >= 11 is 1.17. The maximum absolute atomic E-state index is 10.6. The summed E-state index contributed by atoms with van der Waals surface area (Å²) in [4.78, 5) is 10.3. The lowest BCUT2D eigenvalue weighted by Gasteiger charge is -2.14. The van der Waals surface area contributed by atoms with E-state index in [2.05, 4.69) is 37.4 Å². The first-order valence-electron chi connectivity index (χ1n) is 6.08. The van der Waals surface area contributed by atoms with E-state index in [1.165, 1.54) is 22.5 Å². The quantitative estimate of drug-likeness (QED) is 0.667. The molecule has 4 nitrogen and oxygen atoms in total. The Hall–Kier alpha value is -1.72. The second-order valence-electron chi connectivity index (χ2n) is 4.57. The number of rotatable bonds is 5. The zero-order valence-corrected chi connectivity index (χ0v) is 11.7. The van der Waals surface area contributed by atoms with Crippen molar-refractivity contribution in [3.05, 3.63) is 62.5 Å². The Balaban J connectivity index is 1.96. The standard InChI is InChI=1S/C14H16N2O2S/c1-10-4-3-5-13(6-10)11(2)15-8-12-7-14(16(17)18)19-9-12/h3-7,9,11,15H,8H2,1-2H3/t11-/m1/s1. The van der Waals surface area contributed by atoms with E-state index in [0.29, 0.717) is 6.54 Å². The third-order valence-electron chi connectivity index (χ3n) is 2.97. The van der Waals surface area contributed by atoms with Crippen LogP contribution in [0.3, 0.4) is 0 Å². The Labute approximate surface area is 116 Å². The molecule has 0 aliphatic carbocycles. The fraction of sp³-hybridized carbons (Fsp3) is 0.286. The van der Waals surface area contributed by atoms with Gasteiger partial charge in [-0.15, -0.1) is 0 Å². The van der Waals surface area contributed by atoms with Gasteiger partial charge in [-0.3, -0.25) is 10.1 Å². The molecule has 0 fully saturated rings. The summed E-state index contributed by atoms with van der Waals surface area (Å²) in [5.41, 5.74) is 3.42. The van der Waals surface area contributed by atoms with Gasteiger partial charge in [-0.1, -0.05) is 41.2 Å². The summed E-state index contributed by atoms with van der Waals surface area (Å²) < 4.78 is 0. The second-order valence-corrected chi connectivity index (χ2v) is 5.46. The predicted octanol–water partition coefficient (Wildman–Crippen LogP) is 3.82. The zero-order chi connectivity index (χ0) is 13.8. The molecule has 0 aliphatic rings. The Morgan fingerprint density at radius 2 is 2.21 bits per heavy atom. The second kappa shape index (κ2) is 5.95. The van der Waals surface area contributed by atoms with Crippen LogP contribution in [0.2, 0.25) is 0 Å². The average molecular weight is 276 g/mol. The third kappa shape index (κ3) is 3.62. The minimum Gasteiger partial charge on any atom is -0.306 e. The molecule has 19 heavy (non-hydrogen) atoms. The predicted molar refractivity (Wildman–Crippen MR) is 77.4 cm³/mol. The van der Waals surface area contributed by atoms with Crippen molar-refractivity contribution in [2.75, 3.05) is 0 Å². The Morgan fingerprint density at radius 3 is 2.84 bits per heavy atom. The smallest absolute Gasteiger partial charge is 0.306 e. The molecule has 0 bridgehead atoms. The number of nitro groups is 1. The van der Waals surface area contributed by atoms with E-state index in [4.69, 9.17) is 0 Å². The normalized spacial score (nSPS) is 12.3. The summed E-state index contributed by atoms with van der Waals surface area (Å²) in [6.45, 7) is 4.80. The molecule has 0 aliphatic heterocycles. The lowest BCUT2D eigenvalue weighted by Crippen LogP contribution is -2.17. The molecule has 1 heterocycles. The van der Waals surface area contributed by atoms with Gasteiger partial charge in [0.05, 0.1) is 4.92 Å². The van der Waals surface area contributed by atoms with Crippen LogP contribution in [0, 0.1) is 17.0 Å². The molecule has 1 aromatic carbocycles. The van der Waals surface area contributed by atoms with Gasteiger partial charge in [0.1, 0.15) is 0 Å². The highest BCUT2D eigenvalue weighted by Crippen LogP contribution is 2.23. The van der Waals surface area contributed by atoms with Crippen molar-refractivity contribution in [1.29, 1.82) is 0 Å². The van der Waals surface area contributed by atoms with Gasteiger partial charge in [0.25, 0.3) is 0 Å². The van der Waals surface area contributed by atoms with E-state index >= 15 is 0 Å². The highest BCUT2D eigenvalue weighted by Gasteiger charge is 2.10. The van der Waals surface area contributed by atoms with Crippen LogP contribution in [0.25, 0.3) is 0 Å². The molecule has 0 radical (unpaired) electrons. The van der Waals surface area contributed by atoms with Crippen LogP contribution in [0.1, 0.15) is 29.7 Å². The van der Waals surface area contributed by atoms with Crippen LogP contribution in [0.15, 0.2) is 35.7 Å². The van der Waals surface area contributed by atoms with Crippen molar-refractivity contribution in [3.63, 3.8) is 0 Å². The fourth-order valence-electron chi connectivity index (χ4n) is 1.88. The summed E-state index contributed by atoms with van der Waals surface area (Å²) in [5.74, 6) is 0. The Bertz CT molecular complexity index is 580. The molecule has 1 atom stereocenters. The van der Waals surface area contributed by atoms with Crippen molar-refractivity contribution in [2.24, 2.45) is 0 Å². The summed E-state index contributed by atoms with van der Waals surface area (Å²) in [6.07, 6.45) is 0. The van der Waals surface area contributed by atoms with E-state index in [0.717, 1.165) is 5.56 Å². The van der Waals surface area contributed by atoms with E-state index in [-0.39, 0.29) is 16.0 Å². The number of thiophene rings is 1. The molecule has 5 heteroatoms. The van der Waals surface area contributed by atoms with E-state index in [9.17, 15) is 10.1 Å². The van der Waals surface area contributed by atoms with Gasteiger partial charge in [-0.2, -0.15) is 0 Å². The maximum Gasteiger partial charge on any atom is 0.324 e. The summed E-state index contributed by atoms with van der Waals surface area (Å²) in [7, 11) is 0. The van der Waals surface area contributed by atoms with Crippen LogP contribution < -0.4 is 5.32 Å². The molecule has 0 saturated carbocycles. The highest BCUT2D eigenvalue weighted by atomic mass is 32.1. The molecule has 2 rings (SSSR count). The van der Waals surface area contributed by atoms with Gasteiger partial charge >= 0.3 is 5.00 Å². The van der Waals surface area contributed by atoms with E-state index in [1.54, 1.807) is 6.07 Å². The molecular formula is C14H16N2O2S. The first kappa shape index (κ1) is 13.7. The Morgan fingerprint density at radius 1 is 1.42 bits per heavy atom. The molecule has 2 aromatic rings. The first-order chi connectivity index (χ1) is 9.06. The molecular weight excluding hydrogens is 260 g/mol. The van der Waals surface area contributed by atoms with E-state index < -0.39 is 0 Å². The van der Waals surface area contributed by atoms with Gasteiger partial charge in [-0.25, -0.2) is 0 Å².